The summed E-state index contributed by atoms with van der Waals surface area (Å²) in [6.45, 7) is 2.71. The fraction of sp³-hybridized carbons (Fsp3) is 0.500. The number of aromatic carboxylic acids is 1. The molecule has 0 atom stereocenters. The van der Waals surface area contributed by atoms with Crippen molar-refractivity contribution in [3.8, 4) is 11.1 Å². The van der Waals surface area contributed by atoms with Crippen LogP contribution in [0.1, 0.15) is 105 Å². The van der Waals surface area contributed by atoms with Gasteiger partial charge < -0.3 is 5.11 Å². The van der Waals surface area contributed by atoms with E-state index in [-0.39, 0.29) is 17.3 Å². The fourth-order valence-electron chi connectivity index (χ4n) is 5.32. The monoisotopic (exact) mass is 489 g/mol. The molecule has 2 aromatic carbocycles. The van der Waals surface area contributed by atoms with Gasteiger partial charge in [0.15, 0.2) is 0 Å². The molecule has 1 heterocycles. The van der Waals surface area contributed by atoms with Crippen LogP contribution in [0.25, 0.3) is 11.1 Å². The predicted molar refractivity (Wildman–Crippen MR) is 144 cm³/mol. The minimum Gasteiger partial charge on any atom is -0.478 e. The van der Waals surface area contributed by atoms with Crippen molar-refractivity contribution < 1.29 is 9.90 Å². The third-order valence-electron chi connectivity index (χ3n) is 7.40. The average molecular weight is 490 g/mol. The molecule has 36 heavy (non-hydrogen) atoms. The SMILES string of the molecule is CCCCCCCCc1nn(C2CCCCC2)c(=O)n1Cc1ccc(-c2ccccc2C(=O)O)cc1. The van der Waals surface area contributed by atoms with Crippen LogP contribution in [0.5, 0.6) is 0 Å². The molecule has 1 aromatic heterocycles. The molecule has 192 valence electrons. The van der Waals surface area contributed by atoms with Crippen LogP contribution >= 0.6 is 0 Å². The zero-order valence-electron chi connectivity index (χ0n) is 21.5. The summed E-state index contributed by atoms with van der Waals surface area (Å²) < 4.78 is 3.63. The summed E-state index contributed by atoms with van der Waals surface area (Å²) in [5, 5.41) is 14.4. The summed E-state index contributed by atoms with van der Waals surface area (Å²) in [4.78, 5) is 25.1. The molecule has 1 saturated carbocycles. The van der Waals surface area contributed by atoms with Crippen LogP contribution in [-0.2, 0) is 13.0 Å². The van der Waals surface area contributed by atoms with Crippen LogP contribution in [0, 0.1) is 0 Å². The van der Waals surface area contributed by atoms with Gasteiger partial charge in [-0.25, -0.2) is 14.3 Å². The number of hydrogen-bond donors (Lipinski definition) is 1. The molecule has 0 spiro atoms. The highest BCUT2D eigenvalue weighted by molar-refractivity contribution is 5.95. The summed E-state index contributed by atoms with van der Waals surface area (Å²) in [6.07, 6.45) is 13.7. The Morgan fingerprint density at radius 3 is 2.36 bits per heavy atom. The zero-order chi connectivity index (χ0) is 25.3. The van der Waals surface area contributed by atoms with Crippen molar-refractivity contribution in [3.05, 3.63) is 76.0 Å². The molecular formula is C30H39N3O3. The predicted octanol–water partition coefficient (Wildman–Crippen LogP) is 6.87. The number of aromatic nitrogens is 3. The van der Waals surface area contributed by atoms with Crippen molar-refractivity contribution in [2.24, 2.45) is 0 Å². The average Bonchev–Trinajstić information content (AvgIpc) is 3.22. The van der Waals surface area contributed by atoms with E-state index in [0.29, 0.717) is 12.1 Å². The molecule has 0 amide bonds. The lowest BCUT2D eigenvalue weighted by Gasteiger charge is -2.20. The summed E-state index contributed by atoms with van der Waals surface area (Å²) in [7, 11) is 0. The number of benzene rings is 2. The summed E-state index contributed by atoms with van der Waals surface area (Å²) >= 11 is 0. The van der Waals surface area contributed by atoms with Crippen molar-refractivity contribution >= 4 is 5.97 Å². The molecule has 6 nitrogen and oxygen atoms in total. The van der Waals surface area contributed by atoms with Crippen molar-refractivity contribution in [1.29, 1.82) is 0 Å². The summed E-state index contributed by atoms with van der Waals surface area (Å²) in [5.74, 6) is -0.0444. The summed E-state index contributed by atoms with van der Waals surface area (Å²) in [5.41, 5.74) is 2.86. The number of hydrogen-bond acceptors (Lipinski definition) is 3. The van der Waals surface area contributed by atoms with E-state index in [0.717, 1.165) is 55.5 Å². The number of carboxylic acid groups (broad SMARTS) is 1. The van der Waals surface area contributed by atoms with Crippen molar-refractivity contribution in [3.63, 3.8) is 0 Å². The minimum absolute atomic E-state index is 0.00295. The minimum atomic E-state index is -0.935. The third kappa shape index (κ3) is 6.34. The number of unbranched alkanes of at least 4 members (excludes halogenated alkanes) is 5. The molecule has 0 aliphatic heterocycles. The standard InChI is InChI=1S/C30H39N3O3/c1-2-3-4-5-6-10-17-28-31-33(25-13-8-7-9-14-25)30(36)32(28)22-23-18-20-24(21-19-23)26-15-11-12-16-27(26)29(34)35/h11-12,15-16,18-21,25H,2-10,13-14,17,22H2,1H3,(H,34,35). The van der Waals surface area contributed by atoms with E-state index in [4.69, 9.17) is 5.10 Å². The molecule has 0 radical (unpaired) electrons. The quantitative estimate of drug-likeness (QED) is 0.282. The van der Waals surface area contributed by atoms with Gasteiger partial charge in [-0.1, -0.05) is 101 Å². The Labute approximate surface area is 214 Å². The Kier molecular flexibility index (Phi) is 9.15. The van der Waals surface area contributed by atoms with E-state index < -0.39 is 5.97 Å². The number of carbonyl (C=O) groups is 1. The first-order chi connectivity index (χ1) is 17.6. The molecule has 0 unspecified atom stereocenters. The second-order valence-corrected chi connectivity index (χ2v) is 10.1. The Hall–Kier alpha value is -3.15. The zero-order valence-corrected chi connectivity index (χ0v) is 21.5. The first-order valence-electron chi connectivity index (χ1n) is 13.7. The van der Waals surface area contributed by atoms with E-state index in [1.807, 2.05) is 41.0 Å². The van der Waals surface area contributed by atoms with E-state index in [9.17, 15) is 14.7 Å². The van der Waals surface area contributed by atoms with E-state index in [1.54, 1.807) is 16.8 Å². The lowest BCUT2D eigenvalue weighted by atomic mass is 9.96. The lowest BCUT2D eigenvalue weighted by Crippen LogP contribution is -2.30. The second kappa shape index (κ2) is 12.7. The van der Waals surface area contributed by atoms with Crippen LogP contribution < -0.4 is 5.69 Å². The third-order valence-corrected chi connectivity index (χ3v) is 7.40. The van der Waals surface area contributed by atoms with Crippen LogP contribution in [0.4, 0.5) is 0 Å². The highest BCUT2D eigenvalue weighted by atomic mass is 16.4. The van der Waals surface area contributed by atoms with Gasteiger partial charge in [-0.3, -0.25) is 4.57 Å². The maximum atomic E-state index is 13.5. The van der Waals surface area contributed by atoms with Gasteiger partial charge in [0.1, 0.15) is 5.82 Å². The van der Waals surface area contributed by atoms with Crippen LogP contribution in [0.15, 0.2) is 53.3 Å². The maximum absolute atomic E-state index is 13.5. The Morgan fingerprint density at radius 2 is 1.64 bits per heavy atom. The molecule has 3 aromatic rings. The van der Waals surface area contributed by atoms with Gasteiger partial charge >= 0.3 is 11.7 Å². The van der Waals surface area contributed by atoms with E-state index in [1.165, 1.54) is 38.5 Å². The smallest absolute Gasteiger partial charge is 0.346 e. The molecular weight excluding hydrogens is 450 g/mol. The number of rotatable bonds is 12. The van der Waals surface area contributed by atoms with Crippen LogP contribution in [0.3, 0.4) is 0 Å². The molecule has 4 rings (SSSR count). The Balaban J connectivity index is 1.54. The number of carboxylic acids is 1. The Bertz CT molecular complexity index is 1190. The van der Waals surface area contributed by atoms with Crippen LogP contribution in [0.2, 0.25) is 0 Å². The van der Waals surface area contributed by atoms with Crippen molar-refractivity contribution in [2.45, 2.75) is 96.6 Å². The molecule has 6 heteroatoms. The number of nitrogens with zero attached hydrogens (tertiary/aromatic N) is 3. The van der Waals surface area contributed by atoms with Gasteiger partial charge in [0.05, 0.1) is 18.2 Å². The number of aryl methyl sites for hydroxylation is 1. The van der Waals surface area contributed by atoms with Crippen LogP contribution in [-0.4, -0.2) is 25.4 Å². The second-order valence-electron chi connectivity index (χ2n) is 10.1. The van der Waals surface area contributed by atoms with Gasteiger partial charge in [-0.15, -0.1) is 0 Å². The van der Waals surface area contributed by atoms with E-state index >= 15 is 0 Å². The molecule has 1 aliphatic carbocycles. The topological polar surface area (TPSA) is 77.1 Å². The van der Waals surface area contributed by atoms with Crippen molar-refractivity contribution in [2.75, 3.05) is 0 Å². The molecule has 0 saturated heterocycles. The van der Waals surface area contributed by atoms with Gasteiger partial charge in [-0.05, 0) is 42.0 Å². The first kappa shape index (κ1) is 25.9. The van der Waals surface area contributed by atoms with Crippen molar-refractivity contribution in [1.82, 2.24) is 14.3 Å². The molecule has 1 fully saturated rings. The normalized spacial score (nSPS) is 14.2. The highest BCUT2D eigenvalue weighted by Crippen LogP contribution is 2.27. The van der Waals surface area contributed by atoms with Gasteiger partial charge in [0.25, 0.3) is 0 Å². The van der Waals surface area contributed by atoms with Gasteiger partial charge in [-0.2, -0.15) is 5.10 Å². The highest BCUT2D eigenvalue weighted by Gasteiger charge is 2.22. The fourth-order valence-corrected chi connectivity index (χ4v) is 5.32. The molecule has 0 bridgehead atoms. The first-order valence-corrected chi connectivity index (χ1v) is 13.7. The maximum Gasteiger partial charge on any atom is 0.346 e. The van der Waals surface area contributed by atoms with Gasteiger partial charge in [0.2, 0.25) is 0 Å². The largest absolute Gasteiger partial charge is 0.478 e. The lowest BCUT2D eigenvalue weighted by molar-refractivity contribution is 0.0697. The Morgan fingerprint density at radius 1 is 0.944 bits per heavy atom. The molecule has 1 N–H and O–H groups in total. The molecule has 1 aliphatic rings. The van der Waals surface area contributed by atoms with E-state index in [2.05, 4.69) is 6.92 Å². The van der Waals surface area contributed by atoms with Gasteiger partial charge in [0, 0.05) is 6.42 Å². The summed E-state index contributed by atoms with van der Waals surface area (Å²) in [6, 6.07) is 15.1.